The minimum atomic E-state index is -0.376. The van der Waals surface area contributed by atoms with E-state index < -0.39 is 0 Å². The molecule has 1 saturated heterocycles. The molecule has 0 spiro atoms. The topological polar surface area (TPSA) is 26.3 Å². The molecule has 2 nitrogen and oxygen atoms in total. The zero-order valence-electron chi connectivity index (χ0n) is 7.19. The maximum absolute atomic E-state index is 10.5. The number of rotatable bonds is 2. The van der Waals surface area contributed by atoms with Crippen molar-refractivity contribution in [2.24, 2.45) is 0 Å². The predicted molar refractivity (Wildman–Crippen MR) is 50.1 cm³/mol. The summed E-state index contributed by atoms with van der Waals surface area (Å²) < 4.78 is 5.05. The summed E-state index contributed by atoms with van der Waals surface area (Å²) in [5.74, 6) is 0. The molecule has 0 N–H and O–H groups in total. The van der Waals surface area contributed by atoms with Gasteiger partial charge >= 0.3 is 0 Å². The second kappa shape index (κ2) is 3.00. The SMILES string of the molecule is [B]C1(c2cccc(C=O)c2)COC1. The lowest BCUT2D eigenvalue weighted by atomic mass is 9.62. The molecule has 1 heterocycles. The molecule has 1 aromatic carbocycles. The highest BCUT2D eigenvalue weighted by Crippen LogP contribution is 2.28. The van der Waals surface area contributed by atoms with Gasteiger partial charge in [0, 0.05) is 10.9 Å². The molecule has 0 aromatic heterocycles. The van der Waals surface area contributed by atoms with Crippen LogP contribution in [0.2, 0.25) is 0 Å². The Bertz CT molecular complexity index is 331. The van der Waals surface area contributed by atoms with Gasteiger partial charge in [-0.15, -0.1) is 0 Å². The molecule has 1 fully saturated rings. The average Bonchev–Trinajstić information content (AvgIpc) is 2.14. The van der Waals surface area contributed by atoms with E-state index in [1.54, 1.807) is 6.07 Å². The zero-order valence-corrected chi connectivity index (χ0v) is 7.19. The molecule has 0 amide bonds. The summed E-state index contributed by atoms with van der Waals surface area (Å²) in [7, 11) is 6.01. The first-order valence-electron chi connectivity index (χ1n) is 4.17. The molecule has 1 aromatic rings. The highest BCUT2D eigenvalue weighted by Gasteiger charge is 2.34. The predicted octanol–water partition coefficient (Wildman–Crippen LogP) is 0.893. The number of benzene rings is 1. The van der Waals surface area contributed by atoms with Gasteiger partial charge in [-0.05, 0) is 11.6 Å². The fraction of sp³-hybridized carbons (Fsp3) is 0.300. The van der Waals surface area contributed by atoms with E-state index in [0.29, 0.717) is 18.8 Å². The van der Waals surface area contributed by atoms with Gasteiger partial charge in [-0.2, -0.15) is 0 Å². The summed E-state index contributed by atoms with van der Waals surface area (Å²) in [6.07, 6.45) is 0.826. The van der Waals surface area contributed by atoms with Crippen LogP contribution in [-0.4, -0.2) is 27.3 Å². The number of hydrogen-bond donors (Lipinski definition) is 0. The Balaban J connectivity index is 2.34. The molecule has 0 unspecified atom stereocenters. The number of hydrogen-bond acceptors (Lipinski definition) is 2. The molecular formula is C10H9BO2. The van der Waals surface area contributed by atoms with Gasteiger partial charge in [-0.1, -0.05) is 18.2 Å². The third-order valence-corrected chi connectivity index (χ3v) is 2.32. The molecule has 1 aliphatic rings. The first-order chi connectivity index (χ1) is 6.24. The van der Waals surface area contributed by atoms with E-state index in [4.69, 9.17) is 12.6 Å². The Morgan fingerprint density at radius 3 is 2.77 bits per heavy atom. The van der Waals surface area contributed by atoms with Crippen molar-refractivity contribution in [2.75, 3.05) is 13.2 Å². The lowest BCUT2D eigenvalue weighted by molar-refractivity contribution is -0.0156. The Kier molecular flexibility index (Phi) is 1.96. The second-order valence-electron chi connectivity index (χ2n) is 3.39. The minimum absolute atomic E-state index is 0.376. The summed E-state index contributed by atoms with van der Waals surface area (Å²) in [5, 5.41) is -0.376. The molecule has 3 heteroatoms. The van der Waals surface area contributed by atoms with E-state index in [2.05, 4.69) is 0 Å². The second-order valence-corrected chi connectivity index (χ2v) is 3.39. The maximum atomic E-state index is 10.5. The fourth-order valence-electron chi connectivity index (χ4n) is 1.41. The van der Waals surface area contributed by atoms with Crippen LogP contribution < -0.4 is 0 Å². The van der Waals surface area contributed by atoms with Crippen LogP contribution in [0.15, 0.2) is 24.3 Å². The monoisotopic (exact) mass is 172 g/mol. The zero-order chi connectivity index (χ0) is 9.31. The average molecular weight is 172 g/mol. The summed E-state index contributed by atoms with van der Waals surface area (Å²) in [6.45, 7) is 1.07. The van der Waals surface area contributed by atoms with Gasteiger partial charge < -0.3 is 4.74 Å². The summed E-state index contributed by atoms with van der Waals surface area (Å²) >= 11 is 0. The molecule has 2 radical (unpaired) electrons. The quantitative estimate of drug-likeness (QED) is 0.489. The van der Waals surface area contributed by atoms with Crippen molar-refractivity contribution in [1.82, 2.24) is 0 Å². The van der Waals surface area contributed by atoms with Crippen LogP contribution in [0.4, 0.5) is 0 Å². The molecule has 2 rings (SSSR count). The Labute approximate surface area is 78.3 Å². The highest BCUT2D eigenvalue weighted by molar-refractivity contribution is 6.16. The summed E-state index contributed by atoms with van der Waals surface area (Å²) in [4.78, 5) is 10.5. The van der Waals surface area contributed by atoms with Crippen molar-refractivity contribution in [1.29, 1.82) is 0 Å². The Morgan fingerprint density at radius 2 is 2.23 bits per heavy atom. The molecule has 0 aliphatic carbocycles. The minimum Gasteiger partial charge on any atom is -0.381 e. The molecule has 0 bridgehead atoms. The fourth-order valence-corrected chi connectivity index (χ4v) is 1.41. The van der Waals surface area contributed by atoms with Crippen molar-refractivity contribution < 1.29 is 9.53 Å². The van der Waals surface area contributed by atoms with Crippen LogP contribution in [0.1, 0.15) is 15.9 Å². The lowest BCUT2D eigenvalue weighted by Gasteiger charge is -2.39. The molecular weight excluding hydrogens is 163 g/mol. The van der Waals surface area contributed by atoms with Gasteiger partial charge in [-0.3, -0.25) is 4.79 Å². The summed E-state index contributed by atoms with van der Waals surface area (Å²) in [6, 6.07) is 7.34. The van der Waals surface area contributed by atoms with Gasteiger partial charge in [-0.25, -0.2) is 0 Å². The number of carbonyl (C=O) groups is 1. The maximum Gasteiger partial charge on any atom is 0.150 e. The van der Waals surface area contributed by atoms with Crippen LogP contribution in [0.3, 0.4) is 0 Å². The first-order valence-corrected chi connectivity index (χ1v) is 4.17. The van der Waals surface area contributed by atoms with E-state index in [1.165, 1.54) is 0 Å². The van der Waals surface area contributed by atoms with Gasteiger partial charge in [0.25, 0.3) is 0 Å². The lowest BCUT2D eigenvalue weighted by Crippen LogP contribution is -2.47. The van der Waals surface area contributed by atoms with Crippen LogP contribution >= 0.6 is 0 Å². The van der Waals surface area contributed by atoms with Gasteiger partial charge in [0.1, 0.15) is 6.29 Å². The molecule has 0 atom stereocenters. The van der Waals surface area contributed by atoms with E-state index in [9.17, 15) is 4.79 Å². The van der Waals surface area contributed by atoms with E-state index in [-0.39, 0.29) is 5.31 Å². The van der Waals surface area contributed by atoms with Crippen molar-refractivity contribution >= 4 is 14.1 Å². The first kappa shape index (κ1) is 8.51. The van der Waals surface area contributed by atoms with Crippen molar-refractivity contribution in [3.05, 3.63) is 35.4 Å². The van der Waals surface area contributed by atoms with E-state index >= 15 is 0 Å². The summed E-state index contributed by atoms with van der Waals surface area (Å²) in [5.41, 5.74) is 1.64. The number of aldehydes is 1. The van der Waals surface area contributed by atoms with E-state index in [1.807, 2.05) is 18.2 Å². The number of carbonyl (C=O) groups excluding carboxylic acids is 1. The van der Waals surface area contributed by atoms with Crippen molar-refractivity contribution in [2.45, 2.75) is 5.31 Å². The molecule has 0 saturated carbocycles. The Hall–Kier alpha value is -1.09. The molecule has 13 heavy (non-hydrogen) atoms. The van der Waals surface area contributed by atoms with E-state index in [0.717, 1.165) is 11.8 Å². The van der Waals surface area contributed by atoms with Gasteiger partial charge in [0.2, 0.25) is 0 Å². The standard InChI is InChI=1S/C10H9BO2/c11-10(6-13-7-10)9-3-1-2-8(4-9)5-12/h1-5H,6-7H2. The highest BCUT2D eigenvalue weighted by atomic mass is 16.5. The third kappa shape index (κ3) is 1.40. The van der Waals surface area contributed by atoms with Gasteiger partial charge in [0.05, 0.1) is 21.1 Å². The van der Waals surface area contributed by atoms with Crippen LogP contribution in [0.5, 0.6) is 0 Å². The largest absolute Gasteiger partial charge is 0.381 e. The molecule has 1 aliphatic heterocycles. The van der Waals surface area contributed by atoms with Gasteiger partial charge in [0.15, 0.2) is 0 Å². The van der Waals surface area contributed by atoms with Crippen LogP contribution in [0.25, 0.3) is 0 Å². The van der Waals surface area contributed by atoms with Crippen LogP contribution in [0, 0.1) is 0 Å². The number of ether oxygens (including phenoxy) is 1. The van der Waals surface area contributed by atoms with Crippen LogP contribution in [-0.2, 0) is 10.1 Å². The smallest absolute Gasteiger partial charge is 0.150 e. The van der Waals surface area contributed by atoms with Crippen molar-refractivity contribution in [3.8, 4) is 0 Å². The molecule has 64 valence electrons. The Morgan fingerprint density at radius 1 is 1.46 bits per heavy atom. The van der Waals surface area contributed by atoms with Crippen molar-refractivity contribution in [3.63, 3.8) is 0 Å². The normalized spacial score (nSPS) is 19.1. The third-order valence-electron chi connectivity index (χ3n) is 2.32.